The highest BCUT2D eigenvalue weighted by Gasteiger charge is 2.22. The van der Waals surface area contributed by atoms with Crippen LogP contribution in [0.2, 0.25) is 0 Å². The predicted octanol–water partition coefficient (Wildman–Crippen LogP) is 2.29. The molecule has 136 valence electrons. The number of alkyl carbamates (subject to hydrolysis) is 2. The van der Waals surface area contributed by atoms with Gasteiger partial charge in [0.25, 0.3) is 0 Å². The van der Waals surface area contributed by atoms with Crippen molar-refractivity contribution in [2.24, 2.45) is 0 Å². The molecule has 0 aliphatic rings. The number of rotatable bonds is 5. The summed E-state index contributed by atoms with van der Waals surface area (Å²) in [6, 6.07) is -0.450. The monoisotopic (exact) mass is 341 g/mol. The van der Waals surface area contributed by atoms with Gasteiger partial charge in [-0.1, -0.05) is 0 Å². The Labute approximate surface area is 141 Å². The average Bonchev–Trinajstić information content (AvgIpc) is 2.86. The third-order valence-corrected chi connectivity index (χ3v) is 2.58. The van der Waals surface area contributed by atoms with E-state index in [-0.39, 0.29) is 0 Å². The molecular weight excluding hydrogens is 314 g/mol. The van der Waals surface area contributed by atoms with Gasteiger partial charge in [-0.3, -0.25) is 0 Å². The standard InChI is InChI=1S/C15H27N5O4/c1-14(2,3)23-12(21)16-8-7-10(11-9-17-20-19-11)18-13(22)24-15(4,5)6/h9-10H,7-8H2,1-6H3,(H,16,21)(H,18,22)(H,17,19,20)/t10-/m0/s1. The van der Waals surface area contributed by atoms with Crippen molar-refractivity contribution in [2.75, 3.05) is 6.54 Å². The van der Waals surface area contributed by atoms with Crippen molar-refractivity contribution in [2.45, 2.75) is 65.2 Å². The lowest BCUT2D eigenvalue weighted by Gasteiger charge is -2.23. The molecule has 0 unspecified atom stereocenters. The third kappa shape index (κ3) is 8.35. The summed E-state index contributed by atoms with van der Waals surface area (Å²) in [5.74, 6) is 0. The molecule has 3 N–H and O–H groups in total. The molecule has 0 aromatic carbocycles. The van der Waals surface area contributed by atoms with Gasteiger partial charge in [0, 0.05) is 6.54 Å². The summed E-state index contributed by atoms with van der Waals surface area (Å²) in [6.45, 7) is 11.0. The fourth-order valence-corrected chi connectivity index (χ4v) is 1.75. The van der Waals surface area contributed by atoms with Gasteiger partial charge >= 0.3 is 12.2 Å². The molecule has 24 heavy (non-hydrogen) atoms. The van der Waals surface area contributed by atoms with Gasteiger partial charge in [-0.05, 0) is 48.0 Å². The molecule has 0 fully saturated rings. The second-order valence-electron chi connectivity index (χ2n) is 7.31. The molecule has 1 atom stereocenters. The van der Waals surface area contributed by atoms with E-state index in [0.717, 1.165) is 0 Å². The van der Waals surface area contributed by atoms with Crippen molar-refractivity contribution in [3.8, 4) is 0 Å². The van der Waals surface area contributed by atoms with Crippen molar-refractivity contribution in [3.05, 3.63) is 11.9 Å². The first kappa shape index (κ1) is 19.7. The van der Waals surface area contributed by atoms with Crippen LogP contribution in [0.1, 0.15) is 59.7 Å². The van der Waals surface area contributed by atoms with Gasteiger partial charge in [-0.2, -0.15) is 15.4 Å². The Bertz CT molecular complexity index is 531. The van der Waals surface area contributed by atoms with Crippen molar-refractivity contribution < 1.29 is 19.1 Å². The maximum atomic E-state index is 11.9. The highest BCUT2D eigenvalue weighted by Crippen LogP contribution is 2.15. The first-order valence-corrected chi connectivity index (χ1v) is 7.78. The molecule has 0 saturated carbocycles. The third-order valence-electron chi connectivity index (χ3n) is 2.58. The largest absolute Gasteiger partial charge is 0.444 e. The van der Waals surface area contributed by atoms with E-state index in [1.54, 1.807) is 41.5 Å². The number of nitrogens with one attached hydrogen (secondary N) is 3. The molecular formula is C15H27N5O4. The molecule has 1 aromatic rings. The maximum absolute atomic E-state index is 11.9. The lowest BCUT2D eigenvalue weighted by molar-refractivity contribution is 0.0497. The minimum Gasteiger partial charge on any atom is -0.444 e. The van der Waals surface area contributed by atoms with Gasteiger partial charge < -0.3 is 20.1 Å². The van der Waals surface area contributed by atoms with E-state index in [1.807, 2.05) is 0 Å². The van der Waals surface area contributed by atoms with Crippen LogP contribution in [0.5, 0.6) is 0 Å². The molecule has 9 nitrogen and oxygen atoms in total. The molecule has 0 radical (unpaired) electrons. The van der Waals surface area contributed by atoms with E-state index in [0.29, 0.717) is 18.7 Å². The summed E-state index contributed by atoms with van der Waals surface area (Å²) in [6.07, 6.45) is 0.840. The van der Waals surface area contributed by atoms with Crippen LogP contribution in [0.4, 0.5) is 9.59 Å². The van der Waals surface area contributed by atoms with Crippen LogP contribution in [-0.4, -0.2) is 45.3 Å². The lowest BCUT2D eigenvalue weighted by atomic mass is 10.1. The van der Waals surface area contributed by atoms with Crippen molar-refractivity contribution >= 4 is 12.2 Å². The summed E-state index contributed by atoms with van der Waals surface area (Å²) in [5.41, 5.74) is -0.621. The summed E-state index contributed by atoms with van der Waals surface area (Å²) < 4.78 is 10.4. The van der Waals surface area contributed by atoms with Crippen LogP contribution in [-0.2, 0) is 9.47 Å². The number of nitrogens with zero attached hydrogens (tertiary/aromatic N) is 2. The minimum absolute atomic E-state index is 0.294. The molecule has 9 heteroatoms. The van der Waals surface area contributed by atoms with Gasteiger partial charge in [0.1, 0.15) is 16.9 Å². The van der Waals surface area contributed by atoms with E-state index < -0.39 is 29.4 Å². The Hall–Kier alpha value is -2.32. The molecule has 0 bridgehead atoms. The number of ether oxygens (including phenoxy) is 2. The summed E-state index contributed by atoms with van der Waals surface area (Å²) >= 11 is 0. The number of H-pyrrole nitrogens is 1. The molecule has 2 amide bonds. The number of carbonyl (C=O) groups excluding carboxylic acids is 2. The van der Waals surface area contributed by atoms with Gasteiger partial charge in [0.2, 0.25) is 0 Å². The predicted molar refractivity (Wildman–Crippen MR) is 87.3 cm³/mol. The zero-order chi connectivity index (χ0) is 18.4. The zero-order valence-corrected chi connectivity index (χ0v) is 15.1. The highest BCUT2D eigenvalue weighted by atomic mass is 16.6. The van der Waals surface area contributed by atoms with Crippen LogP contribution in [0, 0.1) is 0 Å². The van der Waals surface area contributed by atoms with E-state index in [9.17, 15) is 9.59 Å². The molecule has 1 heterocycles. The Morgan fingerprint density at radius 3 is 2.21 bits per heavy atom. The lowest BCUT2D eigenvalue weighted by Crippen LogP contribution is -2.38. The Kier molecular flexibility index (Phi) is 6.56. The van der Waals surface area contributed by atoms with Crippen molar-refractivity contribution in [1.82, 2.24) is 26.0 Å². The zero-order valence-electron chi connectivity index (χ0n) is 15.1. The normalized spacial score (nSPS) is 13.1. The van der Waals surface area contributed by atoms with E-state index >= 15 is 0 Å². The second kappa shape index (κ2) is 7.98. The number of aromatic amines is 1. The number of carbonyl (C=O) groups is 2. The number of amides is 2. The van der Waals surface area contributed by atoms with Crippen LogP contribution < -0.4 is 10.6 Å². The SMILES string of the molecule is CC(C)(C)OC(=O)NCC[C@H](NC(=O)OC(C)(C)C)c1cn[nH]n1. The molecule has 0 aliphatic carbocycles. The summed E-state index contributed by atoms with van der Waals surface area (Å²) in [7, 11) is 0. The molecule has 0 aliphatic heterocycles. The van der Waals surface area contributed by atoms with Crippen LogP contribution in [0.15, 0.2) is 6.20 Å². The first-order valence-electron chi connectivity index (χ1n) is 7.78. The quantitative estimate of drug-likeness (QED) is 0.756. The van der Waals surface area contributed by atoms with Gasteiger partial charge in [-0.15, -0.1) is 0 Å². The van der Waals surface area contributed by atoms with E-state index in [2.05, 4.69) is 26.0 Å². The molecule has 0 saturated heterocycles. The topological polar surface area (TPSA) is 118 Å². The van der Waals surface area contributed by atoms with Gasteiger partial charge in [0.15, 0.2) is 0 Å². The first-order chi connectivity index (χ1) is 11.0. The molecule has 1 aromatic heterocycles. The Morgan fingerprint density at radius 2 is 1.71 bits per heavy atom. The number of aromatic nitrogens is 3. The van der Waals surface area contributed by atoms with Gasteiger partial charge in [0.05, 0.1) is 12.2 Å². The van der Waals surface area contributed by atoms with Crippen LogP contribution in [0.3, 0.4) is 0 Å². The highest BCUT2D eigenvalue weighted by molar-refractivity contribution is 5.68. The van der Waals surface area contributed by atoms with Crippen LogP contribution >= 0.6 is 0 Å². The maximum Gasteiger partial charge on any atom is 0.408 e. The minimum atomic E-state index is -0.604. The van der Waals surface area contributed by atoms with Crippen molar-refractivity contribution in [3.63, 3.8) is 0 Å². The number of hydrogen-bond donors (Lipinski definition) is 3. The number of hydrogen-bond acceptors (Lipinski definition) is 6. The van der Waals surface area contributed by atoms with Crippen LogP contribution in [0.25, 0.3) is 0 Å². The van der Waals surface area contributed by atoms with E-state index in [1.165, 1.54) is 6.20 Å². The van der Waals surface area contributed by atoms with Crippen molar-refractivity contribution in [1.29, 1.82) is 0 Å². The fraction of sp³-hybridized carbons (Fsp3) is 0.733. The van der Waals surface area contributed by atoms with E-state index in [4.69, 9.17) is 9.47 Å². The summed E-state index contributed by atoms with van der Waals surface area (Å²) in [5, 5.41) is 15.6. The average molecular weight is 341 g/mol. The molecule has 0 spiro atoms. The smallest absolute Gasteiger partial charge is 0.408 e. The van der Waals surface area contributed by atoms with Gasteiger partial charge in [-0.25, -0.2) is 9.59 Å². The summed E-state index contributed by atoms with van der Waals surface area (Å²) in [4.78, 5) is 23.6. The molecule has 1 rings (SSSR count). The fourth-order valence-electron chi connectivity index (χ4n) is 1.75. The Morgan fingerprint density at radius 1 is 1.12 bits per heavy atom. The Balaban J connectivity index is 2.56. The second-order valence-corrected chi connectivity index (χ2v) is 7.31.